The first-order valence-corrected chi connectivity index (χ1v) is 8.57. The van der Waals surface area contributed by atoms with Gasteiger partial charge in [0, 0.05) is 32.0 Å². The fourth-order valence-electron chi connectivity index (χ4n) is 3.62. The molecule has 0 radical (unpaired) electrons. The van der Waals surface area contributed by atoms with Crippen molar-refractivity contribution in [3.05, 3.63) is 54.4 Å². The van der Waals surface area contributed by atoms with Gasteiger partial charge >= 0.3 is 0 Å². The topological polar surface area (TPSA) is 19.4 Å². The number of benzene rings is 1. The minimum absolute atomic E-state index is 0.806. The Hall–Kier alpha value is -1.71. The quantitative estimate of drug-likeness (QED) is 0.842. The fraction of sp³-hybridized carbons (Fsp3) is 0.450. The largest absolute Gasteiger partial charge is 0.306 e. The van der Waals surface area contributed by atoms with Gasteiger partial charge in [-0.15, -0.1) is 0 Å². The molecule has 1 saturated heterocycles. The second kappa shape index (κ2) is 7.71. The lowest BCUT2D eigenvalue weighted by atomic mass is 9.97. The standard InChI is InChI=1S/C20H27N3/c1-22-11-5-7-18(15-22)16-23(2)14-17-6-3-8-19(12-17)20-9-4-10-21-13-20/h3-4,6,8-10,12-13,18H,5,7,11,14-16H2,1-2H3/t18-/m1/s1. The van der Waals surface area contributed by atoms with Crippen LogP contribution in [0.5, 0.6) is 0 Å². The van der Waals surface area contributed by atoms with Crippen molar-refractivity contribution in [2.75, 3.05) is 33.7 Å². The Kier molecular flexibility index (Phi) is 5.42. The second-order valence-corrected chi connectivity index (χ2v) is 6.91. The first-order valence-electron chi connectivity index (χ1n) is 8.57. The molecule has 3 rings (SSSR count). The first kappa shape index (κ1) is 16.2. The zero-order valence-electron chi connectivity index (χ0n) is 14.3. The number of nitrogens with zero attached hydrogens (tertiary/aromatic N) is 3. The maximum absolute atomic E-state index is 4.22. The van der Waals surface area contributed by atoms with Crippen molar-refractivity contribution in [1.29, 1.82) is 0 Å². The molecule has 1 atom stereocenters. The number of likely N-dealkylation sites (tertiary alicyclic amines) is 1. The van der Waals surface area contributed by atoms with Gasteiger partial charge in [-0.05, 0) is 68.2 Å². The summed E-state index contributed by atoms with van der Waals surface area (Å²) in [6, 6.07) is 12.9. The van der Waals surface area contributed by atoms with Crippen LogP contribution in [0.25, 0.3) is 11.1 Å². The molecule has 1 aliphatic heterocycles. The molecule has 0 unspecified atom stereocenters. The van der Waals surface area contributed by atoms with E-state index in [0.29, 0.717) is 0 Å². The number of pyridine rings is 1. The molecule has 2 heterocycles. The summed E-state index contributed by atoms with van der Waals surface area (Å²) in [6.07, 6.45) is 6.46. The van der Waals surface area contributed by atoms with Crippen LogP contribution < -0.4 is 0 Å². The van der Waals surface area contributed by atoms with Gasteiger partial charge in [0.1, 0.15) is 0 Å². The van der Waals surface area contributed by atoms with E-state index in [1.54, 1.807) is 0 Å². The van der Waals surface area contributed by atoms with Crippen molar-refractivity contribution >= 4 is 0 Å². The van der Waals surface area contributed by atoms with Crippen molar-refractivity contribution in [3.8, 4) is 11.1 Å². The van der Waals surface area contributed by atoms with Crippen molar-refractivity contribution in [2.45, 2.75) is 19.4 Å². The van der Waals surface area contributed by atoms with E-state index in [2.05, 4.69) is 59.2 Å². The van der Waals surface area contributed by atoms with Crippen LogP contribution in [0.2, 0.25) is 0 Å². The molecule has 1 fully saturated rings. The van der Waals surface area contributed by atoms with Crippen LogP contribution in [0.3, 0.4) is 0 Å². The lowest BCUT2D eigenvalue weighted by Gasteiger charge is -2.32. The average Bonchev–Trinajstić information content (AvgIpc) is 2.56. The predicted molar refractivity (Wildman–Crippen MR) is 96.2 cm³/mol. The van der Waals surface area contributed by atoms with Gasteiger partial charge in [0.25, 0.3) is 0 Å². The molecule has 1 aromatic carbocycles. The third kappa shape index (κ3) is 4.63. The predicted octanol–water partition coefficient (Wildman–Crippen LogP) is 3.52. The Bertz CT molecular complexity index is 611. The van der Waals surface area contributed by atoms with Crippen LogP contribution in [0.4, 0.5) is 0 Å². The lowest BCUT2D eigenvalue weighted by molar-refractivity contribution is 0.164. The van der Waals surface area contributed by atoms with Crippen molar-refractivity contribution in [2.24, 2.45) is 5.92 Å². The average molecular weight is 309 g/mol. The number of aromatic nitrogens is 1. The van der Waals surface area contributed by atoms with Crippen LogP contribution in [-0.2, 0) is 6.54 Å². The summed E-state index contributed by atoms with van der Waals surface area (Å²) < 4.78 is 0. The first-order chi connectivity index (χ1) is 11.2. The highest BCUT2D eigenvalue weighted by molar-refractivity contribution is 5.62. The zero-order valence-corrected chi connectivity index (χ0v) is 14.3. The number of hydrogen-bond acceptors (Lipinski definition) is 3. The third-order valence-electron chi connectivity index (χ3n) is 4.67. The summed E-state index contributed by atoms with van der Waals surface area (Å²) in [5, 5.41) is 0. The van der Waals surface area contributed by atoms with E-state index < -0.39 is 0 Å². The SMILES string of the molecule is CN1CCC[C@@H](CN(C)Cc2cccc(-c3cccnc3)c2)C1. The number of hydrogen-bond donors (Lipinski definition) is 0. The van der Waals surface area contributed by atoms with Gasteiger partial charge < -0.3 is 9.80 Å². The molecule has 0 N–H and O–H groups in total. The summed E-state index contributed by atoms with van der Waals surface area (Å²) in [5.41, 5.74) is 3.81. The van der Waals surface area contributed by atoms with Gasteiger partial charge in [-0.25, -0.2) is 0 Å². The highest BCUT2D eigenvalue weighted by atomic mass is 15.1. The molecule has 0 amide bonds. The van der Waals surface area contributed by atoms with E-state index in [-0.39, 0.29) is 0 Å². The van der Waals surface area contributed by atoms with Crippen molar-refractivity contribution < 1.29 is 0 Å². The minimum Gasteiger partial charge on any atom is -0.306 e. The van der Waals surface area contributed by atoms with Gasteiger partial charge in [-0.2, -0.15) is 0 Å². The lowest BCUT2D eigenvalue weighted by Crippen LogP contribution is -2.37. The molecule has 0 aliphatic carbocycles. The Labute approximate surface area is 140 Å². The molecule has 0 bridgehead atoms. The monoisotopic (exact) mass is 309 g/mol. The molecule has 3 nitrogen and oxygen atoms in total. The highest BCUT2D eigenvalue weighted by Gasteiger charge is 2.18. The molecule has 3 heteroatoms. The summed E-state index contributed by atoms with van der Waals surface area (Å²) >= 11 is 0. The summed E-state index contributed by atoms with van der Waals surface area (Å²) in [6.45, 7) is 4.68. The third-order valence-corrected chi connectivity index (χ3v) is 4.67. The Morgan fingerprint density at radius 3 is 2.87 bits per heavy atom. The molecule has 0 saturated carbocycles. The molecule has 23 heavy (non-hydrogen) atoms. The normalized spacial score (nSPS) is 19.2. The van der Waals surface area contributed by atoms with E-state index in [4.69, 9.17) is 0 Å². The summed E-state index contributed by atoms with van der Waals surface area (Å²) in [5.74, 6) is 0.806. The summed E-state index contributed by atoms with van der Waals surface area (Å²) in [7, 11) is 4.48. The molecule has 1 aromatic heterocycles. The van der Waals surface area contributed by atoms with Crippen LogP contribution in [0.15, 0.2) is 48.8 Å². The molecule has 0 spiro atoms. The van der Waals surface area contributed by atoms with Gasteiger partial charge in [0.2, 0.25) is 0 Å². The molecule has 1 aliphatic rings. The molecule has 2 aromatic rings. The highest BCUT2D eigenvalue weighted by Crippen LogP contribution is 2.21. The van der Waals surface area contributed by atoms with Gasteiger partial charge in [-0.1, -0.05) is 24.3 Å². The van der Waals surface area contributed by atoms with Crippen LogP contribution >= 0.6 is 0 Å². The van der Waals surface area contributed by atoms with Gasteiger partial charge in [0.15, 0.2) is 0 Å². The van der Waals surface area contributed by atoms with E-state index in [1.165, 1.54) is 49.2 Å². The van der Waals surface area contributed by atoms with E-state index in [9.17, 15) is 0 Å². The molecule has 122 valence electrons. The van der Waals surface area contributed by atoms with Crippen molar-refractivity contribution in [3.63, 3.8) is 0 Å². The van der Waals surface area contributed by atoms with Crippen molar-refractivity contribution in [1.82, 2.24) is 14.8 Å². The van der Waals surface area contributed by atoms with Gasteiger partial charge in [-0.3, -0.25) is 4.98 Å². The Morgan fingerprint density at radius 2 is 2.09 bits per heavy atom. The van der Waals surface area contributed by atoms with Gasteiger partial charge in [0.05, 0.1) is 0 Å². The van der Waals surface area contributed by atoms with Crippen LogP contribution in [-0.4, -0.2) is 48.5 Å². The van der Waals surface area contributed by atoms with E-state index in [0.717, 1.165) is 12.5 Å². The summed E-state index contributed by atoms with van der Waals surface area (Å²) in [4.78, 5) is 9.15. The van der Waals surface area contributed by atoms with E-state index in [1.807, 2.05) is 18.5 Å². The Morgan fingerprint density at radius 1 is 1.22 bits per heavy atom. The van der Waals surface area contributed by atoms with Crippen LogP contribution in [0, 0.1) is 5.92 Å². The van der Waals surface area contributed by atoms with Crippen LogP contribution in [0.1, 0.15) is 18.4 Å². The maximum atomic E-state index is 4.22. The Balaban J connectivity index is 1.61. The molecular formula is C20H27N3. The smallest absolute Gasteiger partial charge is 0.0346 e. The number of rotatable bonds is 5. The fourth-order valence-corrected chi connectivity index (χ4v) is 3.62. The maximum Gasteiger partial charge on any atom is 0.0346 e. The van der Waals surface area contributed by atoms with E-state index >= 15 is 0 Å². The number of piperidine rings is 1. The second-order valence-electron chi connectivity index (χ2n) is 6.91. The zero-order chi connectivity index (χ0) is 16.1. The minimum atomic E-state index is 0.806. The molecular weight excluding hydrogens is 282 g/mol.